The molecular weight excluding hydrogens is 178 g/mol. The quantitative estimate of drug-likeness (QED) is 0.634. The normalized spacial score (nSPS) is 24.0. The van der Waals surface area contributed by atoms with Gasteiger partial charge in [-0.25, -0.2) is 0 Å². The fourth-order valence-electron chi connectivity index (χ4n) is 1.51. The summed E-state index contributed by atoms with van der Waals surface area (Å²) in [6, 6.07) is 0.598. The van der Waals surface area contributed by atoms with Crippen LogP contribution in [0.5, 0.6) is 0 Å². The molecule has 2 atom stereocenters. The Bertz CT molecular complexity index is 135. The summed E-state index contributed by atoms with van der Waals surface area (Å²) in [6.45, 7) is 7.80. The Labute approximate surface area is 87.2 Å². The first-order valence-corrected chi connectivity index (χ1v) is 5.75. The van der Waals surface area contributed by atoms with E-state index >= 15 is 0 Å². The predicted octanol–water partition coefficient (Wildman–Crippen LogP) is 1.57. The van der Waals surface area contributed by atoms with Gasteiger partial charge in [0.2, 0.25) is 0 Å². The zero-order valence-corrected chi connectivity index (χ0v) is 9.42. The molecule has 1 fully saturated rings. The Morgan fingerprint density at radius 2 is 2.43 bits per heavy atom. The van der Waals surface area contributed by atoms with E-state index in [1.165, 1.54) is 19.3 Å². The van der Waals surface area contributed by atoms with Crippen LogP contribution in [0, 0.1) is 0 Å². The molecule has 14 heavy (non-hydrogen) atoms. The van der Waals surface area contributed by atoms with Gasteiger partial charge in [-0.3, -0.25) is 0 Å². The Balaban J connectivity index is 1.84. The molecule has 3 nitrogen and oxygen atoms in total. The lowest BCUT2D eigenvalue weighted by Crippen LogP contribution is -2.29. The molecule has 1 aliphatic heterocycles. The van der Waals surface area contributed by atoms with Crippen molar-refractivity contribution in [2.75, 3.05) is 26.4 Å². The summed E-state index contributed by atoms with van der Waals surface area (Å²) in [7, 11) is 0. The number of ether oxygens (including phenoxy) is 2. The molecule has 0 radical (unpaired) electrons. The smallest absolute Gasteiger partial charge is 0.0809 e. The first-order chi connectivity index (χ1) is 6.83. The van der Waals surface area contributed by atoms with E-state index in [0.29, 0.717) is 12.1 Å². The van der Waals surface area contributed by atoms with Crippen LogP contribution in [0.15, 0.2) is 0 Å². The van der Waals surface area contributed by atoms with Crippen LogP contribution in [-0.2, 0) is 9.47 Å². The summed E-state index contributed by atoms with van der Waals surface area (Å²) < 4.78 is 11.0. The second-order valence-electron chi connectivity index (χ2n) is 3.97. The molecule has 0 spiro atoms. The largest absolute Gasteiger partial charge is 0.377 e. The van der Waals surface area contributed by atoms with Gasteiger partial charge in [-0.2, -0.15) is 0 Å². The summed E-state index contributed by atoms with van der Waals surface area (Å²) in [5.41, 5.74) is 0. The first-order valence-electron chi connectivity index (χ1n) is 5.75. The van der Waals surface area contributed by atoms with Crippen molar-refractivity contribution in [3.63, 3.8) is 0 Å². The highest BCUT2D eigenvalue weighted by molar-refractivity contribution is 4.63. The van der Waals surface area contributed by atoms with E-state index in [-0.39, 0.29) is 0 Å². The lowest BCUT2D eigenvalue weighted by Gasteiger charge is -2.13. The van der Waals surface area contributed by atoms with Crippen LogP contribution in [0.25, 0.3) is 0 Å². The van der Waals surface area contributed by atoms with Crippen molar-refractivity contribution in [1.29, 1.82) is 0 Å². The zero-order valence-electron chi connectivity index (χ0n) is 9.42. The topological polar surface area (TPSA) is 30.5 Å². The van der Waals surface area contributed by atoms with Crippen LogP contribution < -0.4 is 5.32 Å². The van der Waals surface area contributed by atoms with E-state index in [1.807, 2.05) is 0 Å². The van der Waals surface area contributed by atoms with E-state index in [2.05, 4.69) is 19.2 Å². The lowest BCUT2D eigenvalue weighted by atomic mass is 10.2. The lowest BCUT2D eigenvalue weighted by molar-refractivity contribution is 0.0179. The van der Waals surface area contributed by atoms with E-state index in [9.17, 15) is 0 Å². The van der Waals surface area contributed by atoms with Crippen molar-refractivity contribution in [3.8, 4) is 0 Å². The molecule has 1 aliphatic rings. The summed E-state index contributed by atoms with van der Waals surface area (Å²) >= 11 is 0. The predicted molar refractivity (Wildman–Crippen MR) is 57.5 cm³/mol. The molecule has 0 aromatic carbocycles. The molecule has 0 aromatic rings. The maximum atomic E-state index is 5.52. The van der Waals surface area contributed by atoms with Crippen LogP contribution in [0.1, 0.15) is 33.1 Å². The molecule has 84 valence electrons. The van der Waals surface area contributed by atoms with Crippen LogP contribution >= 0.6 is 0 Å². The molecule has 0 aromatic heterocycles. The minimum absolute atomic E-state index is 0.360. The molecule has 2 unspecified atom stereocenters. The molecule has 1 rings (SSSR count). The van der Waals surface area contributed by atoms with Gasteiger partial charge < -0.3 is 14.8 Å². The molecule has 1 heterocycles. The third-order valence-corrected chi connectivity index (χ3v) is 2.68. The molecule has 0 aliphatic carbocycles. The molecule has 0 bridgehead atoms. The molecule has 1 N–H and O–H groups in total. The Hall–Kier alpha value is -0.120. The third-order valence-electron chi connectivity index (χ3n) is 2.68. The maximum Gasteiger partial charge on any atom is 0.0809 e. The number of nitrogens with one attached hydrogen (secondary N) is 1. The van der Waals surface area contributed by atoms with Gasteiger partial charge in [0.15, 0.2) is 0 Å². The van der Waals surface area contributed by atoms with Gasteiger partial charge >= 0.3 is 0 Å². The standard InChI is InChI=1S/C11H23NO2/c1-3-10(2)12-6-8-13-9-11-5-4-7-14-11/h10-12H,3-9H2,1-2H3. The summed E-state index contributed by atoms with van der Waals surface area (Å²) in [5.74, 6) is 0. The van der Waals surface area contributed by atoms with Gasteiger partial charge in [-0.1, -0.05) is 6.92 Å². The van der Waals surface area contributed by atoms with Crippen molar-refractivity contribution in [1.82, 2.24) is 5.32 Å². The average Bonchev–Trinajstić information content (AvgIpc) is 2.69. The number of hydrogen-bond acceptors (Lipinski definition) is 3. The Kier molecular flexibility index (Phi) is 6.15. The van der Waals surface area contributed by atoms with Gasteiger partial charge in [-0.05, 0) is 26.2 Å². The van der Waals surface area contributed by atoms with Crippen molar-refractivity contribution < 1.29 is 9.47 Å². The van der Waals surface area contributed by atoms with Gasteiger partial charge in [0.25, 0.3) is 0 Å². The minimum atomic E-state index is 0.360. The monoisotopic (exact) mass is 201 g/mol. The van der Waals surface area contributed by atoms with Crippen LogP contribution in [-0.4, -0.2) is 38.5 Å². The van der Waals surface area contributed by atoms with E-state index in [0.717, 1.165) is 26.4 Å². The molecule has 3 heteroatoms. The van der Waals surface area contributed by atoms with Crippen molar-refractivity contribution in [3.05, 3.63) is 0 Å². The fraction of sp³-hybridized carbons (Fsp3) is 1.00. The Morgan fingerprint density at radius 1 is 1.57 bits per heavy atom. The minimum Gasteiger partial charge on any atom is -0.377 e. The molecule has 1 saturated heterocycles. The SMILES string of the molecule is CCC(C)NCCOCC1CCCO1. The molecule has 0 saturated carbocycles. The van der Waals surface area contributed by atoms with Gasteiger partial charge in [0.1, 0.15) is 0 Å². The van der Waals surface area contributed by atoms with Crippen LogP contribution in [0.3, 0.4) is 0 Å². The highest BCUT2D eigenvalue weighted by Crippen LogP contribution is 2.11. The number of rotatable bonds is 7. The van der Waals surface area contributed by atoms with E-state index in [4.69, 9.17) is 9.47 Å². The highest BCUT2D eigenvalue weighted by Gasteiger charge is 2.14. The zero-order chi connectivity index (χ0) is 10.2. The second-order valence-corrected chi connectivity index (χ2v) is 3.97. The summed E-state index contributed by atoms with van der Waals surface area (Å²) in [4.78, 5) is 0. The fourth-order valence-corrected chi connectivity index (χ4v) is 1.51. The average molecular weight is 201 g/mol. The van der Waals surface area contributed by atoms with Gasteiger partial charge in [0.05, 0.1) is 19.3 Å². The van der Waals surface area contributed by atoms with E-state index < -0.39 is 0 Å². The molecule has 0 amide bonds. The second kappa shape index (κ2) is 7.21. The van der Waals surface area contributed by atoms with Crippen LogP contribution in [0.2, 0.25) is 0 Å². The first kappa shape index (κ1) is 12.0. The van der Waals surface area contributed by atoms with Crippen molar-refractivity contribution in [2.45, 2.75) is 45.3 Å². The molecular formula is C11H23NO2. The van der Waals surface area contributed by atoms with E-state index in [1.54, 1.807) is 0 Å². The Morgan fingerprint density at radius 3 is 3.07 bits per heavy atom. The number of hydrogen-bond donors (Lipinski definition) is 1. The van der Waals surface area contributed by atoms with Crippen molar-refractivity contribution in [2.24, 2.45) is 0 Å². The highest BCUT2D eigenvalue weighted by atomic mass is 16.5. The van der Waals surface area contributed by atoms with Crippen LogP contribution in [0.4, 0.5) is 0 Å². The van der Waals surface area contributed by atoms with Gasteiger partial charge in [0, 0.05) is 19.2 Å². The van der Waals surface area contributed by atoms with Crippen molar-refractivity contribution >= 4 is 0 Å². The summed E-state index contributed by atoms with van der Waals surface area (Å²) in [6.07, 6.45) is 3.89. The summed E-state index contributed by atoms with van der Waals surface area (Å²) in [5, 5.41) is 3.39. The maximum absolute atomic E-state index is 5.52. The third kappa shape index (κ3) is 4.94. The van der Waals surface area contributed by atoms with Gasteiger partial charge in [-0.15, -0.1) is 0 Å².